The van der Waals surface area contributed by atoms with Gasteiger partial charge in [-0.15, -0.1) is 0 Å². The molecule has 0 unspecified atom stereocenters. The van der Waals surface area contributed by atoms with Crippen molar-refractivity contribution in [1.82, 2.24) is 0 Å². The highest BCUT2D eigenvalue weighted by atomic mass is 79.9. The van der Waals surface area contributed by atoms with Crippen LogP contribution < -0.4 is 4.90 Å². The molecule has 0 amide bonds. The summed E-state index contributed by atoms with van der Waals surface area (Å²) in [5.74, 6) is -0.208. The van der Waals surface area contributed by atoms with Crippen LogP contribution in [0.15, 0.2) is 53.0 Å². The fourth-order valence-corrected chi connectivity index (χ4v) is 2.02. The Kier molecular flexibility index (Phi) is 3.79. The van der Waals surface area contributed by atoms with Crippen LogP contribution in [0.5, 0.6) is 0 Å². The molecule has 17 heavy (non-hydrogen) atoms. The topological polar surface area (TPSA) is 3.24 Å². The zero-order valence-electron chi connectivity index (χ0n) is 9.53. The monoisotopic (exact) mass is 293 g/mol. The molecule has 3 heteroatoms. The van der Waals surface area contributed by atoms with Gasteiger partial charge in [0.25, 0.3) is 0 Å². The molecule has 0 aliphatic heterocycles. The summed E-state index contributed by atoms with van der Waals surface area (Å²) in [6, 6.07) is 14.6. The van der Waals surface area contributed by atoms with Gasteiger partial charge < -0.3 is 4.90 Å². The molecule has 0 saturated heterocycles. The lowest BCUT2D eigenvalue weighted by atomic mass is 10.2. The molecule has 0 aromatic heterocycles. The van der Waals surface area contributed by atoms with Crippen molar-refractivity contribution in [1.29, 1.82) is 0 Å². The van der Waals surface area contributed by atoms with E-state index in [4.69, 9.17) is 0 Å². The first-order valence-corrected chi connectivity index (χ1v) is 6.28. The van der Waals surface area contributed by atoms with Crippen molar-refractivity contribution in [3.8, 4) is 0 Å². The third-order valence-corrected chi connectivity index (χ3v) is 3.12. The van der Waals surface area contributed by atoms with Gasteiger partial charge in [-0.05, 0) is 55.5 Å². The number of benzene rings is 2. The molecule has 0 heterocycles. The maximum atomic E-state index is 12.9. The summed E-state index contributed by atoms with van der Waals surface area (Å²) in [6.45, 7) is 2.92. The molecular weight excluding hydrogens is 281 g/mol. The van der Waals surface area contributed by atoms with Crippen molar-refractivity contribution in [2.24, 2.45) is 0 Å². The number of hydrogen-bond donors (Lipinski definition) is 0. The maximum Gasteiger partial charge on any atom is 0.123 e. The molecule has 0 bridgehead atoms. The number of rotatable bonds is 3. The normalized spacial score (nSPS) is 10.3. The largest absolute Gasteiger partial charge is 0.342 e. The Morgan fingerprint density at radius 1 is 0.941 bits per heavy atom. The van der Waals surface area contributed by atoms with E-state index in [1.54, 1.807) is 12.1 Å². The van der Waals surface area contributed by atoms with E-state index in [0.717, 1.165) is 22.4 Å². The van der Waals surface area contributed by atoms with Crippen LogP contribution in [-0.2, 0) is 0 Å². The highest BCUT2D eigenvalue weighted by Crippen LogP contribution is 2.26. The molecule has 2 rings (SSSR count). The summed E-state index contributed by atoms with van der Waals surface area (Å²) in [7, 11) is 0. The second-order valence-corrected chi connectivity index (χ2v) is 4.61. The second kappa shape index (κ2) is 5.32. The predicted octanol–water partition coefficient (Wildman–Crippen LogP) is 4.75. The van der Waals surface area contributed by atoms with Crippen molar-refractivity contribution in [3.05, 3.63) is 58.8 Å². The van der Waals surface area contributed by atoms with E-state index in [-0.39, 0.29) is 5.82 Å². The average Bonchev–Trinajstić information content (AvgIpc) is 2.35. The van der Waals surface area contributed by atoms with Crippen molar-refractivity contribution in [3.63, 3.8) is 0 Å². The minimum atomic E-state index is -0.208. The van der Waals surface area contributed by atoms with Gasteiger partial charge in [0.05, 0.1) is 0 Å². The van der Waals surface area contributed by atoms with E-state index in [1.807, 2.05) is 24.3 Å². The highest BCUT2D eigenvalue weighted by molar-refractivity contribution is 9.10. The zero-order valence-corrected chi connectivity index (χ0v) is 11.1. The van der Waals surface area contributed by atoms with Crippen LogP contribution in [0.3, 0.4) is 0 Å². The molecular formula is C14H13BrFN. The van der Waals surface area contributed by atoms with Gasteiger partial charge in [0, 0.05) is 22.4 Å². The van der Waals surface area contributed by atoms with Gasteiger partial charge in [0.2, 0.25) is 0 Å². The van der Waals surface area contributed by atoms with Gasteiger partial charge in [-0.25, -0.2) is 4.39 Å². The Labute approximate surface area is 109 Å². The van der Waals surface area contributed by atoms with Gasteiger partial charge in [0.1, 0.15) is 5.82 Å². The third-order valence-electron chi connectivity index (χ3n) is 2.59. The van der Waals surface area contributed by atoms with Gasteiger partial charge in [-0.2, -0.15) is 0 Å². The molecule has 0 saturated carbocycles. The summed E-state index contributed by atoms with van der Waals surface area (Å²) in [5.41, 5.74) is 2.10. The van der Waals surface area contributed by atoms with Crippen LogP contribution in [0.2, 0.25) is 0 Å². The van der Waals surface area contributed by atoms with Gasteiger partial charge in [0.15, 0.2) is 0 Å². The summed E-state index contributed by atoms with van der Waals surface area (Å²) in [4.78, 5) is 2.13. The molecule has 0 radical (unpaired) electrons. The molecule has 0 N–H and O–H groups in total. The lowest BCUT2D eigenvalue weighted by Crippen LogP contribution is -2.15. The zero-order chi connectivity index (χ0) is 12.3. The van der Waals surface area contributed by atoms with E-state index in [2.05, 4.69) is 27.8 Å². The van der Waals surface area contributed by atoms with Crippen LogP contribution in [0, 0.1) is 5.82 Å². The van der Waals surface area contributed by atoms with Gasteiger partial charge in [-0.3, -0.25) is 0 Å². The average molecular weight is 294 g/mol. The fraction of sp³-hybridized carbons (Fsp3) is 0.143. The van der Waals surface area contributed by atoms with Crippen molar-refractivity contribution in [2.75, 3.05) is 11.4 Å². The highest BCUT2D eigenvalue weighted by Gasteiger charge is 2.06. The number of anilines is 2. The first kappa shape index (κ1) is 12.1. The van der Waals surface area contributed by atoms with E-state index in [1.165, 1.54) is 12.1 Å². The Morgan fingerprint density at radius 3 is 1.88 bits per heavy atom. The summed E-state index contributed by atoms with van der Waals surface area (Å²) < 4.78 is 13.9. The van der Waals surface area contributed by atoms with Crippen LogP contribution in [-0.4, -0.2) is 6.54 Å². The smallest absolute Gasteiger partial charge is 0.123 e. The van der Waals surface area contributed by atoms with E-state index in [9.17, 15) is 4.39 Å². The minimum absolute atomic E-state index is 0.208. The number of nitrogens with zero attached hydrogens (tertiary/aromatic N) is 1. The lowest BCUT2D eigenvalue weighted by Gasteiger charge is -2.23. The van der Waals surface area contributed by atoms with Gasteiger partial charge >= 0.3 is 0 Å². The summed E-state index contributed by atoms with van der Waals surface area (Å²) in [6.07, 6.45) is 0. The Bertz CT molecular complexity index is 433. The fourth-order valence-electron chi connectivity index (χ4n) is 1.76. The molecule has 0 aliphatic rings. The number of halogens is 2. The molecule has 0 atom stereocenters. The first-order valence-electron chi connectivity index (χ1n) is 5.49. The van der Waals surface area contributed by atoms with Crippen molar-refractivity contribution < 1.29 is 4.39 Å². The van der Waals surface area contributed by atoms with E-state index >= 15 is 0 Å². The van der Waals surface area contributed by atoms with Crippen LogP contribution in [0.1, 0.15) is 6.92 Å². The quantitative estimate of drug-likeness (QED) is 0.790. The Morgan fingerprint density at radius 2 is 1.41 bits per heavy atom. The molecule has 0 spiro atoms. The molecule has 1 nitrogen and oxygen atoms in total. The van der Waals surface area contributed by atoms with Crippen molar-refractivity contribution in [2.45, 2.75) is 6.92 Å². The molecule has 0 fully saturated rings. The predicted molar refractivity (Wildman–Crippen MR) is 73.2 cm³/mol. The Hall–Kier alpha value is -1.35. The minimum Gasteiger partial charge on any atom is -0.342 e. The summed E-state index contributed by atoms with van der Waals surface area (Å²) in [5, 5.41) is 0. The SMILES string of the molecule is CCN(c1ccc(F)cc1)c1ccc(Br)cc1. The van der Waals surface area contributed by atoms with Crippen molar-refractivity contribution >= 4 is 27.3 Å². The second-order valence-electron chi connectivity index (χ2n) is 3.70. The van der Waals surface area contributed by atoms with Gasteiger partial charge in [-0.1, -0.05) is 15.9 Å². The lowest BCUT2D eigenvalue weighted by molar-refractivity contribution is 0.628. The van der Waals surface area contributed by atoms with E-state index < -0.39 is 0 Å². The van der Waals surface area contributed by atoms with Crippen LogP contribution >= 0.6 is 15.9 Å². The van der Waals surface area contributed by atoms with Crippen LogP contribution in [0.25, 0.3) is 0 Å². The number of hydrogen-bond acceptors (Lipinski definition) is 1. The Balaban J connectivity index is 2.33. The molecule has 0 aliphatic carbocycles. The van der Waals surface area contributed by atoms with Crippen LogP contribution in [0.4, 0.5) is 15.8 Å². The molecule has 2 aromatic carbocycles. The first-order chi connectivity index (χ1) is 8.20. The van der Waals surface area contributed by atoms with E-state index in [0.29, 0.717) is 0 Å². The molecule has 2 aromatic rings. The molecule has 88 valence electrons. The standard InChI is InChI=1S/C14H13BrFN/c1-2-17(13-7-3-11(15)4-8-13)14-9-5-12(16)6-10-14/h3-10H,2H2,1H3. The summed E-state index contributed by atoms with van der Waals surface area (Å²) >= 11 is 3.41. The maximum absolute atomic E-state index is 12.9. The third kappa shape index (κ3) is 2.86.